The lowest BCUT2D eigenvalue weighted by Gasteiger charge is -2.69. The number of Topliss-reactive ketones (excluding diaryl/α,β-unsaturated/α-hetero) is 1. The Morgan fingerprint density at radius 3 is 2.25 bits per heavy atom. The molecule has 178 valence electrons. The molecule has 0 heterocycles. The fourth-order valence-corrected chi connectivity index (χ4v) is 9.66. The van der Waals surface area contributed by atoms with Gasteiger partial charge in [-0.15, -0.1) is 0 Å². The van der Waals surface area contributed by atoms with E-state index in [1.807, 2.05) is 0 Å². The standard InChI is InChI=1S/C30H46O2/c1-25(2)15-16-27(5)20(17-25)19-9-10-22-28(6)13-12-23(31)26(3,4)21(28)11-14-29(22,7)30(19,8)18-24(27)32/h9-10,21-23,31H,11-18H2,1-8H3/t21-,22+,23-,27-,28-,29+,30+/m0/s1. The van der Waals surface area contributed by atoms with Gasteiger partial charge in [0, 0.05) is 17.3 Å². The molecular weight excluding hydrogens is 392 g/mol. The van der Waals surface area contributed by atoms with Crippen LogP contribution in [0, 0.1) is 44.3 Å². The fraction of sp³-hybridized carbons (Fsp3) is 0.833. The first-order valence-electron chi connectivity index (χ1n) is 13.3. The van der Waals surface area contributed by atoms with Gasteiger partial charge in [-0.3, -0.25) is 4.79 Å². The van der Waals surface area contributed by atoms with Crippen molar-refractivity contribution >= 4 is 5.78 Å². The molecule has 0 radical (unpaired) electrons. The van der Waals surface area contributed by atoms with Gasteiger partial charge in [0.05, 0.1) is 6.10 Å². The highest BCUT2D eigenvalue weighted by Crippen LogP contribution is 2.73. The fourth-order valence-electron chi connectivity index (χ4n) is 9.66. The van der Waals surface area contributed by atoms with Crippen molar-refractivity contribution in [2.75, 3.05) is 0 Å². The van der Waals surface area contributed by atoms with Gasteiger partial charge in [0.15, 0.2) is 0 Å². The number of rotatable bonds is 0. The van der Waals surface area contributed by atoms with Crippen molar-refractivity contribution in [2.24, 2.45) is 44.3 Å². The molecule has 5 aliphatic carbocycles. The van der Waals surface area contributed by atoms with Crippen molar-refractivity contribution in [2.45, 2.75) is 113 Å². The number of aliphatic hydroxyl groups excluding tert-OH is 1. The molecule has 0 aromatic carbocycles. The Bertz CT molecular complexity index is 921. The van der Waals surface area contributed by atoms with Crippen molar-refractivity contribution in [1.82, 2.24) is 0 Å². The van der Waals surface area contributed by atoms with Crippen molar-refractivity contribution in [3.05, 3.63) is 23.3 Å². The van der Waals surface area contributed by atoms with E-state index in [1.54, 1.807) is 0 Å². The van der Waals surface area contributed by atoms with Gasteiger partial charge in [0.1, 0.15) is 5.78 Å². The van der Waals surface area contributed by atoms with Crippen LogP contribution in [-0.4, -0.2) is 17.0 Å². The summed E-state index contributed by atoms with van der Waals surface area (Å²) in [6.07, 6.45) is 13.1. The number of hydrogen-bond acceptors (Lipinski definition) is 2. The number of carbonyl (C=O) groups is 1. The second kappa shape index (κ2) is 6.41. The maximum atomic E-state index is 13.9. The van der Waals surface area contributed by atoms with Crippen LogP contribution in [0.2, 0.25) is 0 Å². The Morgan fingerprint density at radius 2 is 1.56 bits per heavy atom. The highest BCUT2D eigenvalue weighted by atomic mass is 16.3. The summed E-state index contributed by atoms with van der Waals surface area (Å²) < 4.78 is 0. The first-order valence-corrected chi connectivity index (χ1v) is 13.3. The maximum Gasteiger partial charge on any atom is 0.143 e. The van der Waals surface area contributed by atoms with Crippen LogP contribution in [0.4, 0.5) is 0 Å². The minimum Gasteiger partial charge on any atom is -0.393 e. The van der Waals surface area contributed by atoms with E-state index in [2.05, 4.69) is 67.5 Å². The molecule has 0 bridgehead atoms. The molecule has 5 rings (SSSR count). The molecule has 7 atom stereocenters. The molecule has 3 saturated carbocycles. The van der Waals surface area contributed by atoms with E-state index in [0.717, 1.165) is 44.9 Å². The van der Waals surface area contributed by atoms with Crippen LogP contribution in [0.5, 0.6) is 0 Å². The largest absolute Gasteiger partial charge is 0.393 e. The van der Waals surface area contributed by atoms with E-state index in [4.69, 9.17) is 0 Å². The SMILES string of the molecule is CC1(C)CC[C@]2(C)C(=O)C[C@]3(C)C(=C2C1)C=C[C@@H]1[C@@]2(C)CC[C@H](O)C(C)(C)[C@@H]2CC[C@]13C. The summed E-state index contributed by atoms with van der Waals surface area (Å²) in [4.78, 5) is 13.9. The smallest absolute Gasteiger partial charge is 0.143 e. The zero-order valence-corrected chi connectivity index (χ0v) is 21.9. The van der Waals surface area contributed by atoms with Gasteiger partial charge in [-0.25, -0.2) is 0 Å². The van der Waals surface area contributed by atoms with Gasteiger partial charge < -0.3 is 5.11 Å². The second-order valence-corrected chi connectivity index (χ2v) is 14.7. The average molecular weight is 439 g/mol. The van der Waals surface area contributed by atoms with Gasteiger partial charge in [0.2, 0.25) is 0 Å². The van der Waals surface area contributed by atoms with Crippen LogP contribution in [0.25, 0.3) is 0 Å². The third-order valence-corrected chi connectivity index (χ3v) is 12.2. The van der Waals surface area contributed by atoms with Crippen molar-refractivity contribution in [1.29, 1.82) is 0 Å². The van der Waals surface area contributed by atoms with E-state index in [1.165, 1.54) is 11.1 Å². The molecule has 0 aliphatic heterocycles. The van der Waals surface area contributed by atoms with Gasteiger partial charge in [0.25, 0.3) is 0 Å². The van der Waals surface area contributed by atoms with Crippen LogP contribution in [0.3, 0.4) is 0 Å². The third kappa shape index (κ3) is 2.60. The van der Waals surface area contributed by atoms with Gasteiger partial charge in [-0.2, -0.15) is 0 Å². The van der Waals surface area contributed by atoms with Crippen molar-refractivity contribution in [3.63, 3.8) is 0 Å². The molecule has 0 aromatic rings. The Kier molecular flexibility index (Phi) is 4.58. The van der Waals surface area contributed by atoms with Crippen molar-refractivity contribution in [3.8, 4) is 0 Å². The van der Waals surface area contributed by atoms with E-state index < -0.39 is 0 Å². The van der Waals surface area contributed by atoms with Crippen LogP contribution < -0.4 is 0 Å². The summed E-state index contributed by atoms with van der Waals surface area (Å²) >= 11 is 0. The predicted molar refractivity (Wildman–Crippen MR) is 131 cm³/mol. The summed E-state index contributed by atoms with van der Waals surface area (Å²) in [5.74, 6) is 1.48. The summed E-state index contributed by atoms with van der Waals surface area (Å²) in [5.41, 5.74) is 3.15. The second-order valence-electron chi connectivity index (χ2n) is 14.7. The number of hydrogen-bond donors (Lipinski definition) is 1. The summed E-state index contributed by atoms with van der Waals surface area (Å²) in [6, 6.07) is 0. The molecule has 32 heavy (non-hydrogen) atoms. The first kappa shape index (κ1) is 22.9. The van der Waals surface area contributed by atoms with Gasteiger partial charge in [-0.1, -0.05) is 66.2 Å². The lowest BCUT2D eigenvalue weighted by atomic mass is 9.35. The predicted octanol–water partition coefficient (Wildman–Crippen LogP) is 7.27. The molecule has 0 saturated heterocycles. The molecular formula is C30H46O2. The summed E-state index contributed by atoms with van der Waals surface area (Å²) in [7, 11) is 0. The monoisotopic (exact) mass is 438 g/mol. The van der Waals surface area contributed by atoms with Crippen molar-refractivity contribution < 1.29 is 9.90 Å². The molecule has 2 nitrogen and oxygen atoms in total. The average Bonchev–Trinajstić information content (AvgIpc) is 2.68. The minimum absolute atomic E-state index is 0.0455. The maximum absolute atomic E-state index is 13.9. The Balaban J connectivity index is 1.68. The van der Waals surface area contributed by atoms with Gasteiger partial charge >= 0.3 is 0 Å². The van der Waals surface area contributed by atoms with Gasteiger partial charge in [-0.05, 0) is 90.9 Å². The zero-order chi connectivity index (χ0) is 23.5. The van der Waals surface area contributed by atoms with E-state index in [9.17, 15) is 9.90 Å². The van der Waals surface area contributed by atoms with E-state index in [-0.39, 0.29) is 38.6 Å². The minimum atomic E-state index is -0.254. The summed E-state index contributed by atoms with van der Waals surface area (Å²) in [6.45, 7) is 19.1. The molecule has 5 aliphatic rings. The molecule has 0 amide bonds. The zero-order valence-electron chi connectivity index (χ0n) is 21.9. The quantitative estimate of drug-likeness (QED) is 0.432. The van der Waals surface area contributed by atoms with E-state index >= 15 is 0 Å². The number of carbonyl (C=O) groups excluding carboxylic acids is 1. The van der Waals surface area contributed by atoms with E-state index in [0.29, 0.717) is 24.0 Å². The number of allylic oxidation sites excluding steroid dienone is 4. The van der Waals surface area contributed by atoms with Crippen LogP contribution in [0.15, 0.2) is 23.3 Å². The number of aliphatic hydroxyl groups is 1. The Labute approximate surface area is 196 Å². The first-order chi connectivity index (χ1) is 14.6. The third-order valence-electron chi connectivity index (χ3n) is 12.2. The topological polar surface area (TPSA) is 37.3 Å². The Morgan fingerprint density at radius 1 is 0.875 bits per heavy atom. The Hall–Kier alpha value is -0.890. The number of ketones is 1. The van der Waals surface area contributed by atoms with Crippen LogP contribution in [-0.2, 0) is 4.79 Å². The highest BCUT2D eigenvalue weighted by Gasteiger charge is 2.67. The lowest BCUT2D eigenvalue weighted by Crippen LogP contribution is -2.63. The molecule has 1 N–H and O–H groups in total. The molecule has 0 spiro atoms. The lowest BCUT2D eigenvalue weighted by molar-refractivity contribution is -0.183. The molecule has 0 unspecified atom stereocenters. The highest BCUT2D eigenvalue weighted by molar-refractivity contribution is 5.91. The number of fused-ring (bicyclic) bond motifs is 6. The summed E-state index contributed by atoms with van der Waals surface area (Å²) in [5, 5.41) is 10.9. The van der Waals surface area contributed by atoms with Crippen LogP contribution in [0.1, 0.15) is 107 Å². The van der Waals surface area contributed by atoms with Crippen LogP contribution >= 0.6 is 0 Å². The molecule has 0 aromatic heterocycles. The molecule has 3 fully saturated rings. The molecule has 2 heteroatoms. The normalized spacial score (nSPS) is 51.4.